The van der Waals surface area contributed by atoms with E-state index in [9.17, 15) is 4.79 Å². The maximum atomic E-state index is 13.4. The first-order valence-electron chi connectivity index (χ1n) is 12.7. The van der Waals surface area contributed by atoms with Crippen LogP contribution in [0.25, 0.3) is 21.6 Å². The van der Waals surface area contributed by atoms with Crippen molar-refractivity contribution in [2.24, 2.45) is 7.05 Å². The Hall–Kier alpha value is -3.53. The number of nitrogens with zero attached hydrogens (tertiary/aromatic N) is 7. The van der Waals surface area contributed by atoms with Crippen LogP contribution in [0.5, 0.6) is 0 Å². The molecule has 1 amide bonds. The number of fused-ring (bicyclic) bond motifs is 1. The molecule has 6 rings (SSSR count). The minimum Gasteiger partial charge on any atom is -0.355 e. The van der Waals surface area contributed by atoms with Crippen LogP contribution in [0, 0.1) is 0 Å². The van der Waals surface area contributed by atoms with E-state index in [4.69, 9.17) is 9.97 Å². The molecule has 0 saturated carbocycles. The maximum absolute atomic E-state index is 13.4. The lowest BCUT2D eigenvalue weighted by atomic mass is 10.1. The molecule has 2 saturated heterocycles. The molecule has 0 bridgehead atoms. The number of carbonyl (C=O) groups is 1. The van der Waals surface area contributed by atoms with E-state index in [-0.39, 0.29) is 5.91 Å². The number of anilines is 3. The number of aromatic nitrogens is 5. The fourth-order valence-corrected chi connectivity index (χ4v) is 5.96. The summed E-state index contributed by atoms with van der Waals surface area (Å²) in [4.78, 5) is 32.5. The number of amides is 1. The van der Waals surface area contributed by atoms with Crippen LogP contribution in [0.3, 0.4) is 0 Å². The lowest BCUT2D eigenvalue weighted by Crippen LogP contribution is -2.31. The fourth-order valence-electron chi connectivity index (χ4n) is 4.96. The molecule has 9 nitrogen and oxygen atoms in total. The second-order valence-electron chi connectivity index (χ2n) is 9.54. The number of hydrogen-bond donors (Lipinski definition) is 1. The van der Waals surface area contributed by atoms with Gasteiger partial charge in [0, 0.05) is 45.0 Å². The van der Waals surface area contributed by atoms with E-state index in [2.05, 4.69) is 25.2 Å². The Balaban J connectivity index is 1.33. The SMILES string of the molecule is Cn1cc(-c2cccc(C(=O)Nc3cc4sc(N5CCCCC5)nc4nc3N3CCCCC3)n2)cn1. The van der Waals surface area contributed by atoms with Crippen LogP contribution < -0.4 is 15.1 Å². The Morgan fingerprint density at radius 2 is 1.69 bits per heavy atom. The number of thiazole rings is 1. The monoisotopic (exact) mass is 502 g/mol. The zero-order chi connectivity index (χ0) is 24.5. The normalized spacial score (nSPS) is 16.5. The van der Waals surface area contributed by atoms with Crippen LogP contribution in [0.15, 0.2) is 36.7 Å². The highest BCUT2D eigenvalue weighted by molar-refractivity contribution is 7.22. The topological polar surface area (TPSA) is 92.1 Å². The Kier molecular flexibility index (Phi) is 6.27. The molecular weight excluding hydrogens is 472 g/mol. The van der Waals surface area contributed by atoms with Gasteiger partial charge in [0.25, 0.3) is 5.91 Å². The molecule has 1 N–H and O–H groups in total. The zero-order valence-corrected chi connectivity index (χ0v) is 21.3. The highest BCUT2D eigenvalue weighted by atomic mass is 32.1. The zero-order valence-electron chi connectivity index (χ0n) is 20.5. The molecule has 4 aromatic rings. The standard InChI is InChI=1S/C26H30N8OS/c1-32-17-18(16-27-32)19-9-8-10-20(28-19)25(35)29-21-15-22-23(30-24(21)33-11-4-2-5-12-33)31-26(36-22)34-13-6-3-7-14-34/h8-10,15-17H,2-7,11-14H2,1H3,(H,29,35). The average molecular weight is 503 g/mol. The van der Waals surface area contributed by atoms with Gasteiger partial charge in [0.2, 0.25) is 0 Å². The molecule has 0 radical (unpaired) electrons. The number of hydrogen-bond acceptors (Lipinski definition) is 8. The molecule has 186 valence electrons. The van der Waals surface area contributed by atoms with E-state index in [0.717, 1.165) is 71.6 Å². The summed E-state index contributed by atoms with van der Waals surface area (Å²) < 4.78 is 2.71. The van der Waals surface area contributed by atoms with Crippen LogP contribution >= 0.6 is 11.3 Å². The number of aryl methyl sites for hydroxylation is 1. The number of pyridine rings is 2. The van der Waals surface area contributed by atoms with Crippen LogP contribution in [0.4, 0.5) is 16.6 Å². The van der Waals surface area contributed by atoms with Gasteiger partial charge in [-0.3, -0.25) is 9.48 Å². The third-order valence-electron chi connectivity index (χ3n) is 6.86. The summed E-state index contributed by atoms with van der Waals surface area (Å²) in [5.41, 5.74) is 3.43. The first-order chi connectivity index (χ1) is 17.6. The highest BCUT2D eigenvalue weighted by Gasteiger charge is 2.22. The van der Waals surface area contributed by atoms with E-state index in [1.807, 2.05) is 31.4 Å². The first-order valence-corrected chi connectivity index (χ1v) is 13.5. The molecule has 0 unspecified atom stereocenters. The third kappa shape index (κ3) is 4.65. The van der Waals surface area contributed by atoms with Gasteiger partial charge in [0.05, 0.1) is 22.3 Å². The van der Waals surface area contributed by atoms with E-state index in [1.54, 1.807) is 28.3 Å². The van der Waals surface area contributed by atoms with Gasteiger partial charge in [-0.05, 0) is 56.7 Å². The molecular formula is C26H30N8OS. The van der Waals surface area contributed by atoms with Gasteiger partial charge in [-0.15, -0.1) is 0 Å². The van der Waals surface area contributed by atoms with Crippen molar-refractivity contribution < 1.29 is 4.79 Å². The molecule has 0 aliphatic carbocycles. The maximum Gasteiger partial charge on any atom is 0.274 e. The summed E-state index contributed by atoms with van der Waals surface area (Å²) in [5, 5.41) is 8.37. The summed E-state index contributed by atoms with van der Waals surface area (Å²) in [6, 6.07) is 7.52. The largest absolute Gasteiger partial charge is 0.355 e. The van der Waals surface area contributed by atoms with E-state index >= 15 is 0 Å². The molecule has 0 spiro atoms. The smallest absolute Gasteiger partial charge is 0.274 e. The van der Waals surface area contributed by atoms with Crippen molar-refractivity contribution in [1.29, 1.82) is 0 Å². The minimum atomic E-state index is -0.249. The third-order valence-corrected chi connectivity index (χ3v) is 7.92. The van der Waals surface area contributed by atoms with Crippen molar-refractivity contribution >= 4 is 44.2 Å². The van der Waals surface area contributed by atoms with Gasteiger partial charge in [0.1, 0.15) is 5.69 Å². The molecule has 0 aromatic carbocycles. The van der Waals surface area contributed by atoms with E-state index in [1.165, 1.54) is 25.7 Å². The predicted molar refractivity (Wildman–Crippen MR) is 144 cm³/mol. The minimum absolute atomic E-state index is 0.249. The molecule has 6 heterocycles. The molecule has 0 atom stereocenters. The van der Waals surface area contributed by atoms with Gasteiger partial charge < -0.3 is 15.1 Å². The lowest BCUT2D eigenvalue weighted by molar-refractivity contribution is 0.102. The molecule has 2 aliphatic rings. The van der Waals surface area contributed by atoms with E-state index in [0.29, 0.717) is 11.4 Å². The van der Waals surface area contributed by atoms with Gasteiger partial charge in [-0.25, -0.2) is 9.97 Å². The van der Waals surface area contributed by atoms with Crippen molar-refractivity contribution in [3.63, 3.8) is 0 Å². The molecule has 10 heteroatoms. The van der Waals surface area contributed by atoms with Crippen LogP contribution in [0.2, 0.25) is 0 Å². The lowest BCUT2D eigenvalue weighted by Gasteiger charge is -2.29. The Bertz CT molecular complexity index is 1380. The van der Waals surface area contributed by atoms with Gasteiger partial charge >= 0.3 is 0 Å². The summed E-state index contributed by atoms with van der Waals surface area (Å²) in [7, 11) is 1.86. The summed E-state index contributed by atoms with van der Waals surface area (Å²) in [6.07, 6.45) is 10.8. The van der Waals surface area contributed by atoms with Crippen molar-refractivity contribution in [2.45, 2.75) is 38.5 Å². The quantitative estimate of drug-likeness (QED) is 0.422. The summed E-state index contributed by atoms with van der Waals surface area (Å²) >= 11 is 1.66. The Morgan fingerprint density at radius 3 is 2.42 bits per heavy atom. The Labute approximate surface area is 214 Å². The van der Waals surface area contributed by atoms with Crippen molar-refractivity contribution in [2.75, 3.05) is 41.3 Å². The van der Waals surface area contributed by atoms with Gasteiger partial charge in [-0.1, -0.05) is 17.4 Å². The Morgan fingerprint density at radius 1 is 0.944 bits per heavy atom. The highest BCUT2D eigenvalue weighted by Crippen LogP contribution is 2.36. The number of rotatable bonds is 5. The van der Waals surface area contributed by atoms with Gasteiger partial charge in [-0.2, -0.15) is 10.1 Å². The molecule has 2 fully saturated rings. The van der Waals surface area contributed by atoms with Crippen LogP contribution in [-0.2, 0) is 7.05 Å². The molecule has 36 heavy (non-hydrogen) atoms. The second-order valence-corrected chi connectivity index (χ2v) is 10.5. The van der Waals surface area contributed by atoms with Crippen LogP contribution in [0.1, 0.15) is 49.0 Å². The van der Waals surface area contributed by atoms with Crippen molar-refractivity contribution in [3.8, 4) is 11.3 Å². The molecule has 2 aliphatic heterocycles. The van der Waals surface area contributed by atoms with Crippen molar-refractivity contribution in [3.05, 3.63) is 42.4 Å². The van der Waals surface area contributed by atoms with Gasteiger partial charge in [0.15, 0.2) is 16.6 Å². The van der Waals surface area contributed by atoms with Crippen LogP contribution in [-0.4, -0.2) is 56.8 Å². The second kappa shape index (κ2) is 9.85. The number of piperidine rings is 2. The summed E-state index contributed by atoms with van der Waals surface area (Å²) in [5.74, 6) is 0.551. The average Bonchev–Trinajstić information content (AvgIpc) is 3.55. The van der Waals surface area contributed by atoms with E-state index < -0.39 is 0 Å². The van der Waals surface area contributed by atoms with Crippen molar-refractivity contribution in [1.82, 2.24) is 24.7 Å². The predicted octanol–water partition coefficient (Wildman–Crippen LogP) is 4.72. The number of carbonyl (C=O) groups excluding carboxylic acids is 1. The summed E-state index contributed by atoms with van der Waals surface area (Å²) in [6.45, 7) is 3.95. The molecule has 4 aromatic heterocycles. The fraction of sp³-hybridized carbons (Fsp3) is 0.423. The first kappa shape index (κ1) is 22.9. The number of nitrogens with one attached hydrogen (secondary N) is 1.